The average molecular weight is 1230 g/mol. The third-order valence-corrected chi connectivity index (χ3v) is 18.4. The zero-order chi connectivity index (χ0) is 62.6. The number of rotatable bonds is 72. The van der Waals surface area contributed by atoms with Gasteiger partial charge in [-0.1, -0.05) is 346 Å². The molecule has 0 aromatic carbocycles. The van der Waals surface area contributed by atoms with Crippen molar-refractivity contribution in [1.29, 1.82) is 0 Å². The van der Waals surface area contributed by atoms with Gasteiger partial charge in [0.25, 0.3) is 7.82 Å². The van der Waals surface area contributed by atoms with E-state index in [0.29, 0.717) is 17.4 Å². The van der Waals surface area contributed by atoms with Gasteiger partial charge in [-0.15, -0.1) is 0 Å². The van der Waals surface area contributed by atoms with Gasteiger partial charge < -0.3 is 27.9 Å². The second-order valence-corrected chi connectivity index (χ2v) is 28.8. The molecule has 2 atom stereocenters. The molecular weight excluding hydrogens is 1090 g/mol. The summed E-state index contributed by atoms with van der Waals surface area (Å²) in [4.78, 5) is 38.1. The van der Waals surface area contributed by atoms with Crippen LogP contribution in [0.25, 0.3) is 0 Å². The number of esters is 2. The van der Waals surface area contributed by atoms with Crippen LogP contribution < -0.4 is 4.89 Å². The van der Waals surface area contributed by atoms with Crippen LogP contribution in [0.5, 0.6) is 0 Å². The molecule has 510 valence electrons. The van der Waals surface area contributed by atoms with Gasteiger partial charge in [0.1, 0.15) is 19.8 Å². The zero-order valence-corrected chi connectivity index (χ0v) is 59.2. The number of phosphoric ester groups is 1. The predicted octanol–water partition coefficient (Wildman–Crippen LogP) is 24.2. The molecule has 0 aromatic rings. The molecule has 0 bridgehead atoms. The highest BCUT2D eigenvalue weighted by atomic mass is 31.2. The van der Waals surface area contributed by atoms with Gasteiger partial charge in [-0.2, -0.15) is 0 Å². The van der Waals surface area contributed by atoms with E-state index in [9.17, 15) is 19.0 Å². The molecule has 0 aliphatic carbocycles. The van der Waals surface area contributed by atoms with E-state index in [-0.39, 0.29) is 32.0 Å². The summed E-state index contributed by atoms with van der Waals surface area (Å²) >= 11 is 0. The third kappa shape index (κ3) is 71.6. The van der Waals surface area contributed by atoms with Crippen molar-refractivity contribution >= 4 is 19.8 Å². The summed E-state index contributed by atoms with van der Waals surface area (Å²) in [6.45, 7) is 4.32. The first-order valence-corrected chi connectivity index (χ1v) is 39.5. The first kappa shape index (κ1) is 84.5. The van der Waals surface area contributed by atoms with Crippen LogP contribution >= 0.6 is 7.82 Å². The van der Waals surface area contributed by atoms with E-state index >= 15 is 0 Å². The molecule has 0 rings (SSSR count). The summed E-state index contributed by atoms with van der Waals surface area (Å²) in [6.07, 6.45) is 85.8. The molecule has 0 N–H and O–H groups in total. The number of carbonyl (C=O) groups is 2. The lowest BCUT2D eigenvalue weighted by molar-refractivity contribution is -0.870. The van der Waals surface area contributed by atoms with Crippen LogP contribution in [0.2, 0.25) is 0 Å². The van der Waals surface area contributed by atoms with Crippen molar-refractivity contribution < 1.29 is 42.1 Å². The van der Waals surface area contributed by atoms with Gasteiger partial charge in [0.2, 0.25) is 0 Å². The van der Waals surface area contributed by atoms with Crippen LogP contribution in [0.15, 0.2) is 24.3 Å². The quantitative estimate of drug-likeness (QED) is 0.0195. The Morgan fingerprint density at radius 1 is 0.349 bits per heavy atom. The molecule has 9 nitrogen and oxygen atoms in total. The van der Waals surface area contributed by atoms with Crippen LogP contribution in [-0.2, 0) is 32.7 Å². The van der Waals surface area contributed by atoms with Crippen molar-refractivity contribution in [3.8, 4) is 0 Å². The largest absolute Gasteiger partial charge is 0.756 e. The molecular formula is C76H148NO8P. The lowest BCUT2D eigenvalue weighted by atomic mass is 10.0. The smallest absolute Gasteiger partial charge is 0.306 e. The van der Waals surface area contributed by atoms with E-state index in [2.05, 4.69) is 38.2 Å². The fourth-order valence-corrected chi connectivity index (χ4v) is 12.3. The Hall–Kier alpha value is -1.51. The maximum Gasteiger partial charge on any atom is 0.306 e. The lowest BCUT2D eigenvalue weighted by Crippen LogP contribution is -2.37. The summed E-state index contributed by atoms with van der Waals surface area (Å²) in [7, 11) is 1.19. The predicted molar refractivity (Wildman–Crippen MR) is 370 cm³/mol. The van der Waals surface area contributed by atoms with Gasteiger partial charge in [0.15, 0.2) is 6.10 Å². The molecule has 0 saturated heterocycles. The molecule has 86 heavy (non-hydrogen) atoms. The second kappa shape index (κ2) is 67.9. The van der Waals surface area contributed by atoms with E-state index in [0.717, 1.165) is 32.1 Å². The SMILES string of the molecule is CCCCCCCCCC/C=C\CCCCCCCCCCCCCCCCCCCCCCCC(=O)OC(COC(=O)CCCCCCCCCCCCCCCCCCC/C=C\CCCCCCCCCC)COP(=O)([O-])OCC[N+](C)(C)C. The Morgan fingerprint density at radius 2 is 0.593 bits per heavy atom. The number of hydrogen-bond acceptors (Lipinski definition) is 8. The molecule has 0 fully saturated rings. The fourth-order valence-electron chi connectivity index (χ4n) is 11.6. The second-order valence-electron chi connectivity index (χ2n) is 27.4. The van der Waals surface area contributed by atoms with E-state index in [1.54, 1.807) is 0 Å². The van der Waals surface area contributed by atoms with E-state index in [1.165, 1.54) is 334 Å². The van der Waals surface area contributed by atoms with Crippen LogP contribution in [-0.4, -0.2) is 70.0 Å². The van der Waals surface area contributed by atoms with Gasteiger partial charge in [0.05, 0.1) is 27.7 Å². The van der Waals surface area contributed by atoms with Gasteiger partial charge >= 0.3 is 11.9 Å². The fraction of sp³-hybridized carbons (Fsp3) is 0.921. The van der Waals surface area contributed by atoms with Crippen LogP contribution in [0, 0.1) is 0 Å². The van der Waals surface area contributed by atoms with Gasteiger partial charge in [-0.3, -0.25) is 14.2 Å². The Balaban J connectivity index is 3.94. The molecule has 0 saturated carbocycles. The minimum atomic E-state index is -4.64. The molecule has 10 heteroatoms. The molecule has 0 amide bonds. The standard InChI is InChI=1S/C76H148NO8P/c1-6-8-10-12-14-16-18-20-22-24-26-28-30-32-34-36-37-38-39-41-43-45-47-49-51-53-55-57-59-61-63-65-67-69-76(79)85-74(73-84-86(80,81)83-71-70-77(3,4)5)72-82-75(78)68-66-64-62-60-58-56-54-52-50-48-46-44-42-40-35-33-31-29-27-25-23-21-19-17-15-13-11-9-7-2/h24-27,74H,6-23,28-73H2,1-5H3/b26-24-,27-25-. The highest BCUT2D eigenvalue weighted by molar-refractivity contribution is 7.45. The Kier molecular flexibility index (Phi) is 66.7. The molecule has 0 aliphatic heterocycles. The van der Waals surface area contributed by atoms with Gasteiger partial charge in [-0.05, 0) is 64.2 Å². The maximum absolute atomic E-state index is 12.9. The monoisotopic (exact) mass is 1230 g/mol. The molecule has 2 unspecified atom stereocenters. The molecule has 0 heterocycles. The highest BCUT2D eigenvalue weighted by Gasteiger charge is 2.22. The third-order valence-electron chi connectivity index (χ3n) is 17.4. The van der Waals surface area contributed by atoms with E-state index < -0.39 is 26.5 Å². The number of phosphoric acid groups is 1. The Labute approximate surface area is 536 Å². The number of quaternary nitrogens is 1. The van der Waals surface area contributed by atoms with Crippen molar-refractivity contribution in [2.24, 2.45) is 0 Å². The Morgan fingerprint density at radius 3 is 0.860 bits per heavy atom. The van der Waals surface area contributed by atoms with Crippen molar-refractivity contribution in [3.05, 3.63) is 24.3 Å². The van der Waals surface area contributed by atoms with Crippen LogP contribution in [0.1, 0.15) is 399 Å². The lowest BCUT2D eigenvalue weighted by Gasteiger charge is -2.28. The molecule has 0 aromatic heterocycles. The summed E-state index contributed by atoms with van der Waals surface area (Å²) in [6, 6.07) is 0. The molecule has 0 radical (unpaired) electrons. The van der Waals surface area contributed by atoms with Crippen molar-refractivity contribution in [1.82, 2.24) is 0 Å². The summed E-state index contributed by atoms with van der Waals surface area (Å²) in [5, 5.41) is 0. The first-order valence-electron chi connectivity index (χ1n) is 38.0. The molecule has 0 spiro atoms. The van der Waals surface area contributed by atoms with E-state index in [4.69, 9.17) is 18.5 Å². The summed E-state index contributed by atoms with van der Waals surface area (Å²) in [5.41, 5.74) is 0. The molecule has 0 aliphatic rings. The summed E-state index contributed by atoms with van der Waals surface area (Å²) < 4.78 is 34.4. The number of ether oxygens (including phenoxy) is 2. The van der Waals surface area contributed by atoms with Gasteiger partial charge in [-0.25, -0.2) is 0 Å². The number of hydrogen-bond donors (Lipinski definition) is 0. The van der Waals surface area contributed by atoms with Crippen molar-refractivity contribution in [2.75, 3.05) is 47.5 Å². The number of likely N-dealkylation sites (N-methyl/N-ethyl adjacent to an activating group) is 1. The van der Waals surface area contributed by atoms with Crippen LogP contribution in [0.4, 0.5) is 0 Å². The topological polar surface area (TPSA) is 111 Å². The number of unbranched alkanes of at least 4 members (excludes halogenated alkanes) is 54. The number of nitrogens with zero attached hydrogens (tertiary/aromatic N) is 1. The van der Waals surface area contributed by atoms with Gasteiger partial charge in [0, 0.05) is 12.8 Å². The van der Waals surface area contributed by atoms with Crippen molar-refractivity contribution in [2.45, 2.75) is 405 Å². The Bertz CT molecular complexity index is 1500. The first-order chi connectivity index (χ1) is 42.0. The minimum Gasteiger partial charge on any atom is -0.756 e. The average Bonchev–Trinajstić information content (AvgIpc) is 3.70. The van der Waals surface area contributed by atoms with Crippen molar-refractivity contribution in [3.63, 3.8) is 0 Å². The normalized spacial score (nSPS) is 13.1. The highest BCUT2D eigenvalue weighted by Crippen LogP contribution is 2.38. The number of allylic oxidation sites excluding steroid dienone is 4. The van der Waals surface area contributed by atoms with Crippen LogP contribution in [0.3, 0.4) is 0 Å². The zero-order valence-electron chi connectivity index (χ0n) is 58.3. The number of carbonyl (C=O) groups excluding carboxylic acids is 2. The van der Waals surface area contributed by atoms with E-state index in [1.807, 2.05) is 21.1 Å². The minimum absolute atomic E-state index is 0.0268. The summed E-state index contributed by atoms with van der Waals surface area (Å²) in [5.74, 6) is -0.807. The maximum atomic E-state index is 12.9.